The molecule has 1 aliphatic heterocycles. The highest BCUT2D eigenvalue weighted by Gasteiger charge is 2.64. The molecule has 2 atom stereocenters. The molecular formula is C28H22F3NO3. The third-order valence-corrected chi connectivity index (χ3v) is 6.50. The number of nitrogens with zero attached hydrogens (tertiary/aromatic N) is 1. The van der Waals surface area contributed by atoms with Gasteiger partial charge in [-0.2, -0.15) is 18.2 Å². The zero-order valence-electron chi connectivity index (χ0n) is 18.6. The van der Waals surface area contributed by atoms with Crippen molar-refractivity contribution in [3.8, 4) is 0 Å². The van der Waals surface area contributed by atoms with Crippen molar-refractivity contribution < 1.29 is 27.9 Å². The molecule has 4 nitrogen and oxygen atoms in total. The Morgan fingerprint density at radius 3 is 2.23 bits per heavy atom. The predicted octanol–water partition coefficient (Wildman–Crippen LogP) is 6.87. The first kappa shape index (κ1) is 23.1. The number of hydroxylamine groups is 2. The van der Waals surface area contributed by atoms with Gasteiger partial charge in [-0.15, -0.1) is 0 Å². The van der Waals surface area contributed by atoms with Gasteiger partial charge < -0.3 is 5.11 Å². The van der Waals surface area contributed by atoms with Crippen molar-refractivity contribution in [1.82, 2.24) is 5.06 Å². The van der Waals surface area contributed by atoms with Gasteiger partial charge >= 0.3 is 12.1 Å². The smallest absolute Gasteiger partial charge is 0.423 e. The topological polar surface area (TPSA) is 49.8 Å². The highest BCUT2D eigenvalue weighted by atomic mass is 19.4. The van der Waals surface area contributed by atoms with Crippen LogP contribution in [0.15, 0.2) is 97.1 Å². The quantitative estimate of drug-likeness (QED) is 0.341. The number of rotatable bonds is 5. The Bertz CT molecular complexity index is 1360. The Morgan fingerprint density at radius 1 is 0.914 bits per heavy atom. The van der Waals surface area contributed by atoms with Crippen molar-refractivity contribution in [3.05, 3.63) is 119 Å². The lowest BCUT2D eigenvalue weighted by atomic mass is 9.84. The van der Waals surface area contributed by atoms with E-state index in [2.05, 4.69) is 0 Å². The molecular weight excluding hydrogens is 455 g/mol. The molecule has 7 heteroatoms. The van der Waals surface area contributed by atoms with Crippen molar-refractivity contribution in [2.24, 2.45) is 0 Å². The molecule has 1 fully saturated rings. The summed E-state index contributed by atoms with van der Waals surface area (Å²) >= 11 is 0. The molecule has 0 saturated carbocycles. The lowest BCUT2D eigenvalue weighted by molar-refractivity contribution is -0.330. The largest absolute Gasteiger partial charge is 0.478 e. The molecule has 1 aliphatic rings. The molecule has 0 aliphatic carbocycles. The molecule has 0 aromatic heterocycles. The molecule has 0 radical (unpaired) electrons. The van der Waals surface area contributed by atoms with Gasteiger partial charge in [0.15, 0.2) is 0 Å². The number of carboxylic acids is 1. The summed E-state index contributed by atoms with van der Waals surface area (Å²) in [4.78, 5) is 17.2. The first-order valence-corrected chi connectivity index (χ1v) is 11.2. The van der Waals surface area contributed by atoms with E-state index in [1.165, 1.54) is 23.3 Å². The molecule has 2 unspecified atom stereocenters. The summed E-state index contributed by atoms with van der Waals surface area (Å²) in [7, 11) is 0. The van der Waals surface area contributed by atoms with Crippen molar-refractivity contribution in [2.45, 2.75) is 30.8 Å². The Kier molecular flexibility index (Phi) is 5.83. The van der Waals surface area contributed by atoms with Gasteiger partial charge in [0.1, 0.15) is 0 Å². The SMILES string of the molecule is O=C(O)c1ccc(C2CC(c3ccc4ccccc4c3)(C(F)(F)F)ON2Cc2ccccc2)cc1. The molecule has 1 heterocycles. The highest BCUT2D eigenvalue weighted by Crippen LogP contribution is 2.55. The van der Waals surface area contributed by atoms with Crippen molar-refractivity contribution in [3.63, 3.8) is 0 Å². The summed E-state index contributed by atoms with van der Waals surface area (Å²) in [6, 6.07) is 26.3. The van der Waals surface area contributed by atoms with E-state index in [1.807, 2.05) is 42.5 Å². The maximum atomic E-state index is 14.8. The Balaban J connectivity index is 1.61. The first-order chi connectivity index (χ1) is 16.8. The summed E-state index contributed by atoms with van der Waals surface area (Å²) < 4.78 is 44.5. The predicted molar refractivity (Wildman–Crippen MR) is 126 cm³/mol. The van der Waals surface area contributed by atoms with Crippen molar-refractivity contribution in [2.75, 3.05) is 0 Å². The zero-order valence-corrected chi connectivity index (χ0v) is 18.6. The number of aromatic carboxylic acids is 1. The van der Waals surface area contributed by atoms with Crippen molar-refractivity contribution >= 4 is 16.7 Å². The minimum Gasteiger partial charge on any atom is -0.478 e. The number of carbonyl (C=O) groups is 1. The normalized spacial score (nSPS) is 20.8. The van der Waals surface area contributed by atoms with Crippen molar-refractivity contribution in [1.29, 1.82) is 0 Å². The maximum absolute atomic E-state index is 14.8. The fourth-order valence-electron chi connectivity index (χ4n) is 4.66. The number of fused-ring (bicyclic) bond motifs is 1. The standard InChI is InChI=1S/C28H22F3NO3/c29-28(30,31)27(24-15-14-20-8-4-5-9-23(20)16-24)17-25(21-10-12-22(13-11-21)26(33)34)32(35-27)18-19-6-2-1-3-7-19/h1-16,25H,17-18H2,(H,33,34). The second kappa shape index (κ2) is 8.83. The van der Waals surface area contributed by atoms with E-state index in [4.69, 9.17) is 4.84 Å². The number of benzene rings is 4. The van der Waals surface area contributed by atoms with Crippen LogP contribution < -0.4 is 0 Å². The Hall–Kier alpha value is -3.68. The van der Waals surface area contributed by atoms with E-state index in [-0.39, 0.29) is 24.1 Å². The molecule has 1 saturated heterocycles. The number of alkyl halides is 3. The highest BCUT2D eigenvalue weighted by molar-refractivity contribution is 5.87. The molecule has 4 aromatic rings. The third kappa shape index (κ3) is 4.29. The first-order valence-electron chi connectivity index (χ1n) is 11.2. The van der Waals surface area contributed by atoms with Crippen LogP contribution in [0.5, 0.6) is 0 Å². The monoisotopic (exact) mass is 477 g/mol. The van der Waals surface area contributed by atoms with Gasteiger partial charge in [0, 0.05) is 13.0 Å². The summed E-state index contributed by atoms with van der Waals surface area (Å²) in [6.45, 7) is 0.137. The van der Waals surface area contributed by atoms with E-state index >= 15 is 0 Å². The van der Waals surface area contributed by atoms with Gasteiger partial charge in [0.2, 0.25) is 5.60 Å². The van der Waals surface area contributed by atoms with Crippen LogP contribution in [0.3, 0.4) is 0 Å². The maximum Gasteiger partial charge on any atom is 0.423 e. The van der Waals surface area contributed by atoms with Gasteiger partial charge in [-0.25, -0.2) is 4.79 Å². The van der Waals surface area contributed by atoms with E-state index in [9.17, 15) is 23.1 Å². The Labute approximate surface area is 200 Å². The molecule has 0 spiro atoms. The molecule has 0 bridgehead atoms. The van der Waals surface area contributed by atoms with Crippen LogP contribution >= 0.6 is 0 Å². The minimum absolute atomic E-state index is 0.0337. The Morgan fingerprint density at radius 2 is 1.57 bits per heavy atom. The van der Waals surface area contributed by atoms with Crippen LogP contribution in [-0.2, 0) is 17.0 Å². The van der Waals surface area contributed by atoms with Gasteiger partial charge in [-0.1, -0.05) is 78.9 Å². The summed E-state index contributed by atoms with van der Waals surface area (Å²) in [5, 5.41) is 12.1. The van der Waals surface area contributed by atoms with Crippen LogP contribution in [0.1, 0.15) is 39.5 Å². The summed E-state index contributed by atoms with van der Waals surface area (Å²) in [5.74, 6) is -1.10. The van der Waals surface area contributed by atoms with Gasteiger partial charge in [0.05, 0.1) is 11.6 Å². The minimum atomic E-state index is -4.69. The van der Waals surface area contributed by atoms with E-state index in [0.717, 1.165) is 10.9 Å². The molecule has 178 valence electrons. The molecule has 5 rings (SSSR count). The summed E-state index contributed by atoms with van der Waals surface area (Å²) in [5.41, 5.74) is -1.10. The van der Waals surface area contributed by atoms with E-state index < -0.39 is 23.8 Å². The third-order valence-electron chi connectivity index (χ3n) is 6.50. The molecule has 4 aromatic carbocycles. The average molecular weight is 477 g/mol. The van der Waals surface area contributed by atoms with E-state index in [0.29, 0.717) is 10.9 Å². The van der Waals surface area contributed by atoms with Crippen LogP contribution in [-0.4, -0.2) is 22.3 Å². The second-order valence-electron chi connectivity index (χ2n) is 8.69. The van der Waals surface area contributed by atoms with Gasteiger partial charge in [-0.3, -0.25) is 4.84 Å². The van der Waals surface area contributed by atoms with Crippen LogP contribution in [0.25, 0.3) is 10.8 Å². The second-order valence-corrected chi connectivity index (χ2v) is 8.69. The lowest BCUT2D eigenvalue weighted by Gasteiger charge is -2.32. The average Bonchev–Trinajstić information content (AvgIpc) is 3.25. The van der Waals surface area contributed by atoms with Crippen LogP contribution in [0, 0.1) is 0 Å². The lowest BCUT2D eigenvalue weighted by Crippen LogP contribution is -2.43. The van der Waals surface area contributed by atoms with E-state index in [1.54, 1.807) is 36.4 Å². The number of hydrogen-bond donors (Lipinski definition) is 1. The van der Waals surface area contributed by atoms with Crippen LogP contribution in [0.2, 0.25) is 0 Å². The molecule has 35 heavy (non-hydrogen) atoms. The number of hydrogen-bond acceptors (Lipinski definition) is 3. The zero-order chi connectivity index (χ0) is 24.6. The fraction of sp³-hybridized carbons (Fsp3) is 0.179. The van der Waals surface area contributed by atoms with Crippen LogP contribution in [0.4, 0.5) is 13.2 Å². The number of carboxylic acid groups (broad SMARTS) is 1. The van der Waals surface area contributed by atoms with Gasteiger partial charge in [0.25, 0.3) is 0 Å². The summed E-state index contributed by atoms with van der Waals surface area (Å²) in [6.07, 6.45) is -5.06. The number of halogens is 3. The fourth-order valence-corrected chi connectivity index (χ4v) is 4.66. The molecule has 0 amide bonds. The van der Waals surface area contributed by atoms with Gasteiger partial charge in [-0.05, 0) is 45.7 Å². The molecule has 1 N–H and O–H groups in total.